The maximum Gasteiger partial charge on any atom is 0.0662 e. The summed E-state index contributed by atoms with van der Waals surface area (Å²) in [5.41, 5.74) is 8.84. The predicted molar refractivity (Wildman–Crippen MR) is 71.1 cm³/mol. The van der Waals surface area contributed by atoms with Gasteiger partial charge in [-0.3, -0.25) is 0 Å². The number of hydrogen-bond donors (Lipinski definition) is 1. The molecule has 0 atom stereocenters. The van der Waals surface area contributed by atoms with Crippen molar-refractivity contribution in [3.05, 3.63) is 35.4 Å². The number of rotatable bonds is 5. The van der Waals surface area contributed by atoms with Gasteiger partial charge < -0.3 is 10.5 Å². The van der Waals surface area contributed by atoms with Crippen molar-refractivity contribution in [2.75, 3.05) is 7.11 Å². The van der Waals surface area contributed by atoms with E-state index in [4.69, 9.17) is 10.5 Å². The molecule has 0 aromatic heterocycles. The highest BCUT2D eigenvalue weighted by Gasteiger charge is 2.37. The van der Waals surface area contributed by atoms with Gasteiger partial charge in [0, 0.05) is 19.1 Å². The third-order valence-corrected chi connectivity index (χ3v) is 3.62. The van der Waals surface area contributed by atoms with Crippen molar-refractivity contribution in [2.45, 2.75) is 50.7 Å². The first kappa shape index (κ1) is 12.6. The molecular weight excluding hydrogens is 210 g/mol. The Morgan fingerprint density at radius 3 is 2.53 bits per heavy atom. The molecule has 1 saturated carbocycles. The third-order valence-electron chi connectivity index (χ3n) is 3.62. The first-order valence-corrected chi connectivity index (χ1v) is 6.34. The average Bonchev–Trinajstić information content (AvgIpc) is 2.96. The molecule has 0 spiro atoms. The summed E-state index contributed by atoms with van der Waals surface area (Å²) in [4.78, 5) is 0. The van der Waals surface area contributed by atoms with Gasteiger partial charge in [-0.25, -0.2) is 0 Å². The highest BCUT2D eigenvalue weighted by atomic mass is 16.5. The standard InChI is InChI=1S/C15H23NO/c1-14(2,17-3)10-12-5-4-6-13(9-12)11-15(16)7-8-15/h4-6,9H,7-8,10-11,16H2,1-3H3. The Morgan fingerprint density at radius 1 is 1.29 bits per heavy atom. The molecule has 2 heteroatoms. The Kier molecular flexibility index (Phi) is 3.28. The van der Waals surface area contributed by atoms with E-state index in [-0.39, 0.29) is 11.1 Å². The van der Waals surface area contributed by atoms with Gasteiger partial charge in [-0.05, 0) is 44.2 Å². The van der Waals surface area contributed by atoms with E-state index in [1.54, 1.807) is 7.11 Å². The Balaban J connectivity index is 2.06. The van der Waals surface area contributed by atoms with E-state index in [0.29, 0.717) is 0 Å². The number of methoxy groups -OCH3 is 1. The molecule has 2 rings (SSSR count). The Hall–Kier alpha value is -0.860. The van der Waals surface area contributed by atoms with E-state index in [1.807, 2.05) is 0 Å². The summed E-state index contributed by atoms with van der Waals surface area (Å²) in [7, 11) is 1.77. The summed E-state index contributed by atoms with van der Waals surface area (Å²) >= 11 is 0. The SMILES string of the molecule is COC(C)(C)Cc1cccc(CC2(N)CC2)c1. The van der Waals surface area contributed by atoms with E-state index >= 15 is 0 Å². The monoisotopic (exact) mass is 233 g/mol. The van der Waals surface area contributed by atoms with E-state index < -0.39 is 0 Å². The molecule has 1 aromatic rings. The summed E-state index contributed by atoms with van der Waals surface area (Å²) in [6.45, 7) is 4.23. The first-order valence-electron chi connectivity index (χ1n) is 6.34. The van der Waals surface area contributed by atoms with E-state index in [2.05, 4.69) is 38.1 Å². The van der Waals surface area contributed by atoms with Gasteiger partial charge in [-0.2, -0.15) is 0 Å². The number of ether oxygens (including phenoxy) is 1. The van der Waals surface area contributed by atoms with Crippen LogP contribution in [0.3, 0.4) is 0 Å². The lowest BCUT2D eigenvalue weighted by Crippen LogP contribution is -2.26. The van der Waals surface area contributed by atoms with Crippen molar-refractivity contribution in [2.24, 2.45) is 5.73 Å². The maximum atomic E-state index is 6.16. The van der Waals surface area contributed by atoms with Gasteiger partial charge in [0.15, 0.2) is 0 Å². The second-order valence-electron chi connectivity index (χ2n) is 6.00. The molecule has 0 saturated heterocycles. The van der Waals surface area contributed by atoms with Gasteiger partial charge in [0.25, 0.3) is 0 Å². The zero-order valence-electron chi connectivity index (χ0n) is 11.1. The zero-order valence-corrected chi connectivity index (χ0v) is 11.1. The molecule has 1 aliphatic rings. The van der Waals surface area contributed by atoms with Crippen LogP contribution >= 0.6 is 0 Å². The Bertz CT molecular complexity index is 394. The fourth-order valence-electron chi connectivity index (χ4n) is 2.16. The molecule has 2 nitrogen and oxygen atoms in total. The quantitative estimate of drug-likeness (QED) is 0.848. The largest absolute Gasteiger partial charge is 0.378 e. The average molecular weight is 233 g/mol. The second kappa shape index (κ2) is 4.43. The van der Waals surface area contributed by atoms with Crippen molar-refractivity contribution in [3.63, 3.8) is 0 Å². The van der Waals surface area contributed by atoms with Crippen molar-refractivity contribution in [1.29, 1.82) is 0 Å². The Labute approximate surface area is 104 Å². The van der Waals surface area contributed by atoms with Crippen LogP contribution in [0.4, 0.5) is 0 Å². The fourth-order valence-corrected chi connectivity index (χ4v) is 2.16. The molecule has 2 N–H and O–H groups in total. The topological polar surface area (TPSA) is 35.2 Å². The van der Waals surface area contributed by atoms with Crippen LogP contribution < -0.4 is 5.73 Å². The van der Waals surface area contributed by atoms with E-state index in [0.717, 1.165) is 12.8 Å². The van der Waals surface area contributed by atoms with Crippen molar-refractivity contribution in [1.82, 2.24) is 0 Å². The normalized spacial score (nSPS) is 18.1. The van der Waals surface area contributed by atoms with Crippen LogP contribution in [0.1, 0.15) is 37.8 Å². The minimum Gasteiger partial charge on any atom is -0.378 e. The highest BCUT2D eigenvalue weighted by molar-refractivity contribution is 5.27. The third kappa shape index (κ3) is 3.55. The number of hydrogen-bond acceptors (Lipinski definition) is 2. The lowest BCUT2D eigenvalue weighted by molar-refractivity contribution is 0.0232. The summed E-state index contributed by atoms with van der Waals surface area (Å²) in [5, 5.41) is 0. The van der Waals surface area contributed by atoms with Crippen LogP contribution in [-0.2, 0) is 17.6 Å². The molecule has 1 aromatic carbocycles. The molecule has 0 unspecified atom stereocenters. The molecule has 17 heavy (non-hydrogen) atoms. The van der Waals surface area contributed by atoms with Gasteiger partial charge in [0.1, 0.15) is 0 Å². The van der Waals surface area contributed by atoms with Crippen LogP contribution in [-0.4, -0.2) is 18.2 Å². The smallest absolute Gasteiger partial charge is 0.0662 e. The molecule has 1 aliphatic carbocycles. The number of nitrogens with two attached hydrogens (primary N) is 1. The molecule has 94 valence electrons. The molecule has 0 radical (unpaired) electrons. The fraction of sp³-hybridized carbons (Fsp3) is 0.600. The summed E-state index contributed by atoms with van der Waals surface area (Å²) in [5.74, 6) is 0. The summed E-state index contributed by atoms with van der Waals surface area (Å²) in [6, 6.07) is 8.74. The van der Waals surface area contributed by atoms with Crippen LogP contribution in [0.25, 0.3) is 0 Å². The molecular formula is C15H23NO. The van der Waals surface area contributed by atoms with Crippen LogP contribution in [0, 0.1) is 0 Å². The second-order valence-corrected chi connectivity index (χ2v) is 6.00. The van der Waals surface area contributed by atoms with Gasteiger partial charge >= 0.3 is 0 Å². The first-order chi connectivity index (χ1) is 7.92. The minimum atomic E-state index is -0.0986. The molecule has 1 fully saturated rings. The van der Waals surface area contributed by atoms with Gasteiger partial charge in [0.05, 0.1) is 5.60 Å². The van der Waals surface area contributed by atoms with Crippen LogP contribution in [0.2, 0.25) is 0 Å². The minimum absolute atomic E-state index is 0.0927. The lowest BCUT2D eigenvalue weighted by Gasteiger charge is -2.23. The van der Waals surface area contributed by atoms with Crippen molar-refractivity contribution >= 4 is 0 Å². The van der Waals surface area contributed by atoms with E-state index in [9.17, 15) is 0 Å². The zero-order chi connectivity index (χ0) is 12.5. The molecule has 0 amide bonds. The molecule has 0 bridgehead atoms. The summed E-state index contributed by atoms with van der Waals surface area (Å²) in [6.07, 6.45) is 4.28. The van der Waals surface area contributed by atoms with Gasteiger partial charge in [-0.1, -0.05) is 24.3 Å². The number of benzene rings is 1. The lowest BCUT2D eigenvalue weighted by atomic mass is 9.95. The van der Waals surface area contributed by atoms with E-state index in [1.165, 1.54) is 24.0 Å². The van der Waals surface area contributed by atoms with Gasteiger partial charge in [-0.15, -0.1) is 0 Å². The van der Waals surface area contributed by atoms with Crippen molar-refractivity contribution in [3.8, 4) is 0 Å². The molecule has 0 heterocycles. The predicted octanol–water partition coefficient (Wildman–Crippen LogP) is 2.69. The maximum absolute atomic E-state index is 6.16. The van der Waals surface area contributed by atoms with Crippen LogP contribution in [0.15, 0.2) is 24.3 Å². The van der Waals surface area contributed by atoms with Gasteiger partial charge in [0.2, 0.25) is 0 Å². The van der Waals surface area contributed by atoms with Crippen LogP contribution in [0.5, 0.6) is 0 Å². The Morgan fingerprint density at radius 2 is 1.94 bits per heavy atom. The van der Waals surface area contributed by atoms with Crippen molar-refractivity contribution < 1.29 is 4.74 Å². The summed E-state index contributed by atoms with van der Waals surface area (Å²) < 4.78 is 5.47. The highest BCUT2D eigenvalue weighted by Crippen LogP contribution is 2.35. The molecule has 0 aliphatic heterocycles.